The molecule has 0 saturated carbocycles. The van der Waals surface area contributed by atoms with Crippen LogP contribution in [0.25, 0.3) is 0 Å². The molecule has 0 N–H and O–H groups in total. The molecule has 0 spiro atoms. The number of hydrogen-bond acceptors (Lipinski definition) is 6. The van der Waals surface area contributed by atoms with Crippen LogP contribution in [0.1, 0.15) is 284 Å². The Labute approximate surface area is 409 Å². The van der Waals surface area contributed by atoms with E-state index in [1.54, 1.807) is 0 Å². The summed E-state index contributed by atoms with van der Waals surface area (Å²) in [5.74, 6) is -0.878. The topological polar surface area (TPSA) is 78.9 Å². The van der Waals surface area contributed by atoms with E-state index in [0.717, 1.165) is 96.3 Å². The van der Waals surface area contributed by atoms with E-state index in [2.05, 4.69) is 81.5 Å². The van der Waals surface area contributed by atoms with Gasteiger partial charge in [0.2, 0.25) is 0 Å². The Morgan fingerprint density at radius 1 is 0.318 bits per heavy atom. The summed E-state index contributed by atoms with van der Waals surface area (Å²) in [7, 11) is 0. The van der Waals surface area contributed by atoms with E-state index < -0.39 is 6.10 Å². The lowest BCUT2D eigenvalue weighted by Crippen LogP contribution is -2.30. The SMILES string of the molecule is CC/C=C\C/C=C\C/C=C\C/C=C\C/C=C\CCCCCCCCCCCC(=O)OCC(COC(=O)CCCCCCCC)OC(=O)CCCCCCCCCCCCCCCCCCC. The zero-order chi connectivity index (χ0) is 47.9. The van der Waals surface area contributed by atoms with Gasteiger partial charge in [-0.05, 0) is 64.2 Å². The minimum Gasteiger partial charge on any atom is -0.462 e. The summed E-state index contributed by atoms with van der Waals surface area (Å²) < 4.78 is 16.8. The van der Waals surface area contributed by atoms with Gasteiger partial charge in [-0.2, -0.15) is 0 Å². The first-order chi connectivity index (χ1) is 32.5. The average Bonchev–Trinajstić information content (AvgIpc) is 3.31. The van der Waals surface area contributed by atoms with Gasteiger partial charge in [0.05, 0.1) is 0 Å². The Morgan fingerprint density at radius 2 is 0.591 bits per heavy atom. The molecule has 0 aromatic carbocycles. The van der Waals surface area contributed by atoms with Gasteiger partial charge in [-0.1, -0.05) is 261 Å². The number of carbonyl (C=O) groups excluding carboxylic acids is 3. The van der Waals surface area contributed by atoms with Crippen LogP contribution in [0.3, 0.4) is 0 Å². The fourth-order valence-corrected chi connectivity index (χ4v) is 8.06. The predicted octanol–water partition coefficient (Wildman–Crippen LogP) is 18.8. The Hall–Kier alpha value is -2.89. The maximum atomic E-state index is 12.8. The van der Waals surface area contributed by atoms with Crippen LogP contribution in [0.4, 0.5) is 0 Å². The van der Waals surface area contributed by atoms with Crippen LogP contribution in [0.15, 0.2) is 60.8 Å². The molecule has 6 heteroatoms. The summed E-state index contributed by atoms with van der Waals surface area (Å²) >= 11 is 0. The highest BCUT2D eigenvalue weighted by Crippen LogP contribution is 2.16. The summed E-state index contributed by atoms with van der Waals surface area (Å²) in [6.45, 7) is 6.49. The first kappa shape index (κ1) is 63.1. The molecule has 66 heavy (non-hydrogen) atoms. The van der Waals surface area contributed by atoms with Crippen molar-refractivity contribution in [2.24, 2.45) is 0 Å². The Balaban J connectivity index is 4.13. The van der Waals surface area contributed by atoms with Gasteiger partial charge in [0.25, 0.3) is 0 Å². The number of allylic oxidation sites excluding steroid dienone is 10. The fourth-order valence-electron chi connectivity index (χ4n) is 8.06. The first-order valence-corrected chi connectivity index (χ1v) is 28.3. The van der Waals surface area contributed by atoms with Gasteiger partial charge >= 0.3 is 17.9 Å². The summed E-state index contributed by atoms with van der Waals surface area (Å²) in [5.41, 5.74) is 0. The lowest BCUT2D eigenvalue weighted by molar-refractivity contribution is -0.167. The quantitative estimate of drug-likeness (QED) is 0.0262. The van der Waals surface area contributed by atoms with Crippen LogP contribution in [-0.4, -0.2) is 37.2 Å². The summed E-state index contributed by atoms with van der Waals surface area (Å²) in [6, 6.07) is 0. The highest BCUT2D eigenvalue weighted by molar-refractivity contribution is 5.71. The van der Waals surface area contributed by atoms with E-state index in [1.807, 2.05) is 0 Å². The van der Waals surface area contributed by atoms with E-state index in [0.29, 0.717) is 19.3 Å². The van der Waals surface area contributed by atoms with Gasteiger partial charge in [0.1, 0.15) is 13.2 Å². The highest BCUT2D eigenvalue weighted by atomic mass is 16.6. The third-order valence-corrected chi connectivity index (χ3v) is 12.3. The number of ether oxygens (including phenoxy) is 3. The molecule has 0 bridgehead atoms. The fraction of sp³-hybridized carbons (Fsp3) is 0.783. The van der Waals surface area contributed by atoms with E-state index in [-0.39, 0.29) is 31.1 Å². The molecular weight excluding hydrogens is 817 g/mol. The van der Waals surface area contributed by atoms with Crippen molar-refractivity contribution in [2.75, 3.05) is 13.2 Å². The van der Waals surface area contributed by atoms with Crippen molar-refractivity contribution in [1.29, 1.82) is 0 Å². The summed E-state index contributed by atoms with van der Waals surface area (Å²) in [4.78, 5) is 37.9. The Bertz CT molecular complexity index is 1200. The maximum absolute atomic E-state index is 12.8. The van der Waals surface area contributed by atoms with Crippen molar-refractivity contribution in [3.63, 3.8) is 0 Å². The molecule has 0 aromatic heterocycles. The largest absolute Gasteiger partial charge is 0.462 e. The second-order valence-corrected chi connectivity index (χ2v) is 18.8. The van der Waals surface area contributed by atoms with Crippen LogP contribution in [0, 0.1) is 0 Å². The van der Waals surface area contributed by atoms with Crippen LogP contribution >= 0.6 is 0 Å². The normalized spacial score (nSPS) is 12.5. The number of carbonyl (C=O) groups is 3. The molecule has 0 fully saturated rings. The molecule has 0 heterocycles. The predicted molar refractivity (Wildman–Crippen MR) is 284 cm³/mol. The average molecular weight is 924 g/mol. The van der Waals surface area contributed by atoms with Crippen LogP contribution < -0.4 is 0 Å². The standard InChI is InChI=1S/C60H106O6/c1-4-7-10-13-16-18-20-22-24-26-27-28-29-30-31-32-33-35-36-38-40-42-44-47-50-53-59(62)65-56-57(55-64-58(61)52-49-46-15-12-9-6-3)66-60(63)54-51-48-45-43-41-39-37-34-25-23-21-19-17-14-11-8-5-2/h7,10,16,18,22,24,27-28,30-31,57H,4-6,8-9,11-15,17,19-21,23,25-26,29,32-56H2,1-3H3/b10-7-,18-16-,24-22-,28-27-,31-30-. The number of esters is 3. The Morgan fingerprint density at radius 3 is 0.924 bits per heavy atom. The van der Waals surface area contributed by atoms with Gasteiger partial charge in [-0.15, -0.1) is 0 Å². The molecule has 0 radical (unpaired) electrons. The molecule has 0 amide bonds. The molecule has 1 unspecified atom stereocenters. The van der Waals surface area contributed by atoms with E-state index in [4.69, 9.17) is 14.2 Å². The van der Waals surface area contributed by atoms with Crippen molar-refractivity contribution in [2.45, 2.75) is 290 Å². The lowest BCUT2D eigenvalue weighted by atomic mass is 10.0. The minimum atomic E-state index is -0.771. The van der Waals surface area contributed by atoms with Crippen LogP contribution in [-0.2, 0) is 28.6 Å². The summed E-state index contributed by atoms with van der Waals surface area (Å²) in [5, 5.41) is 0. The van der Waals surface area contributed by atoms with Crippen molar-refractivity contribution >= 4 is 17.9 Å². The molecule has 0 aliphatic rings. The van der Waals surface area contributed by atoms with E-state index >= 15 is 0 Å². The van der Waals surface area contributed by atoms with Crippen molar-refractivity contribution in [3.05, 3.63) is 60.8 Å². The van der Waals surface area contributed by atoms with Crippen molar-refractivity contribution < 1.29 is 28.6 Å². The van der Waals surface area contributed by atoms with Crippen molar-refractivity contribution in [1.82, 2.24) is 0 Å². The zero-order valence-corrected chi connectivity index (χ0v) is 43.7. The second kappa shape index (κ2) is 54.7. The van der Waals surface area contributed by atoms with Gasteiger partial charge in [-0.25, -0.2) is 0 Å². The molecular formula is C60H106O6. The monoisotopic (exact) mass is 923 g/mol. The van der Waals surface area contributed by atoms with Crippen LogP contribution in [0.2, 0.25) is 0 Å². The number of hydrogen-bond donors (Lipinski definition) is 0. The highest BCUT2D eigenvalue weighted by Gasteiger charge is 2.19. The molecule has 6 nitrogen and oxygen atoms in total. The number of unbranched alkanes of at least 4 members (excludes halogenated alkanes) is 30. The van der Waals surface area contributed by atoms with Gasteiger partial charge in [0, 0.05) is 19.3 Å². The molecule has 0 aliphatic carbocycles. The second-order valence-electron chi connectivity index (χ2n) is 18.8. The van der Waals surface area contributed by atoms with E-state index in [9.17, 15) is 14.4 Å². The zero-order valence-electron chi connectivity index (χ0n) is 43.7. The lowest BCUT2D eigenvalue weighted by Gasteiger charge is -2.18. The molecule has 382 valence electrons. The molecule has 0 saturated heterocycles. The van der Waals surface area contributed by atoms with Crippen LogP contribution in [0.5, 0.6) is 0 Å². The van der Waals surface area contributed by atoms with E-state index in [1.165, 1.54) is 148 Å². The summed E-state index contributed by atoms with van der Waals surface area (Å²) in [6.07, 6.45) is 68.1. The Kier molecular flexibility index (Phi) is 52.3. The van der Waals surface area contributed by atoms with Gasteiger partial charge in [-0.3, -0.25) is 14.4 Å². The molecule has 0 aliphatic heterocycles. The number of rotatable bonds is 51. The third kappa shape index (κ3) is 52.1. The van der Waals surface area contributed by atoms with Gasteiger partial charge in [0.15, 0.2) is 6.10 Å². The first-order valence-electron chi connectivity index (χ1n) is 28.3. The van der Waals surface area contributed by atoms with Gasteiger partial charge < -0.3 is 14.2 Å². The molecule has 0 aromatic rings. The molecule has 1 atom stereocenters. The molecule has 0 rings (SSSR count). The third-order valence-electron chi connectivity index (χ3n) is 12.3. The van der Waals surface area contributed by atoms with Crippen molar-refractivity contribution in [3.8, 4) is 0 Å². The minimum absolute atomic E-state index is 0.0733. The maximum Gasteiger partial charge on any atom is 0.306 e. The smallest absolute Gasteiger partial charge is 0.306 e.